The number of hydrogen-bond donors (Lipinski definition) is 2. The predicted molar refractivity (Wildman–Crippen MR) is 110 cm³/mol. The molecular weight excluding hydrogens is 372 g/mol. The van der Waals surface area contributed by atoms with Gasteiger partial charge >= 0.3 is 0 Å². The molecule has 1 aliphatic rings. The summed E-state index contributed by atoms with van der Waals surface area (Å²) in [5.41, 5.74) is 6.54. The first kappa shape index (κ1) is 18.4. The normalized spacial score (nSPS) is 12.4. The number of nitrogens with one attached hydrogen (secondary N) is 2. The van der Waals surface area contributed by atoms with Crippen LogP contribution >= 0.6 is 0 Å². The van der Waals surface area contributed by atoms with Crippen LogP contribution in [-0.4, -0.2) is 21.4 Å². The number of anilines is 1. The van der Waals surface area contributed by atoms with Gasteiger partial charge in [0.25, 0.3) is 5.91 Å². The van der Waals surface area contributed by atoms with E-state index < -0.39 is 10.0 Å². The lowest BCUT2D eigenvalue weighted by atomic mass is 10.0. The maximum Gasteiger partial charge on any atom is 0.255 e. The fraction of sp³-hybridized carbons (Fsp3) is 0.136. The topological polar surface area (TPSA) is 75.3 Å². The Morgan fingerprint density at radius 3 is 2.46 bits per heavy atom. The van der Waals surface area contributed by atoms with Crippen LogP contribution < -0.4 is 10.0 Å². The molecule has 1 amide bonds. The van der Waals surface area contributed by atoms with Crippen LogP contribution in [0.15, 0.2) is 65.6 Å². The molecule has 0 radical (unpaired) electrons. The maximum absolute atomic E-state index is 12.8. The highest BCUT2D eigenvalue weighted by Crippen LogP contribution is 2.37. The van der Waals surface area contributed by atoms with Crippen LogP contribution in [0, 0.1) is 6.92 Å². The first-order valence-electron chi connectivity index (χ1n) is 8.96. The zero-order chi connectivity index (χ0) is 19.9. The van der Waals surface area contributed by atoms with Crippen molar-refractivity contribution in [3.05, 3.63) is 82.9 Å². The van der Waals surface area contributed by atoms with Crippen LogP contribution in [0.5, 0.6) is 0 Å². The molecule has 1 aliphatic carbocycles. The molecule has 0 heterocycles. The standard InChI is InChI=1S/C22H20N2O3S/c1-14-7-10-18(28(26,27)23-2)13-20(14)22(25)24-17-9-8-16-11-15-5-3-4-6-19(15)21(16)12-17/h3-10,12-13,23H,11H2,1-2H3,(H,24,25). The van der Waals surface area contributed by atoms with Crippen molar-refractivity contribution in [3.8, 4) is 11.1 Å². The van der Waals surface area contributed by atoms with E-state index in [1.807, 2.05) is 30.3 Å². The highest BCUT2D eigenvalue weighted by molar-refractivity contribution is 7.89. The van der Waals surface area contributed by atoms with E-state index in [4.69, 9.17) is 0 Å². The van der Waals surface area contributed by atoms with Crippen LogP contribution in [0.3, 0.4) is 0 Å². The van der Waals surface area contributed by atoms with E-state index in [-0.39, 0.29) is 10.8 Å². The van der Waals surface area contributed by atoms with E-state index in [0.717, 1.165) is 12.0 Å². The van der Waals surface area contributed by atoms with Crippen molar-refractivity contribution >= 4 is 21.6 Å². The predicted octanol–water partition coefficient (Wildman–Crippen LogP) is 3.73. The Balaban J connectivity index is 1.65. The summed E-state index contributed by atoms with van der Waals surface area (Å²) in [4.78, 5) is 12.9. The van der Waals surface area contributed by atoms with Crippen LogP contribution in [0.2, 0.25) is 0 Å². The van der Waals surface area contributed by atoms with Crippen molar-refractivity contribution in [1.29, 1.82) is 0 Å². The molecular formula is C22H20N2O3S. The summed E-state index contributed by atoms with van der Waals surface area (Å²) in [7, 11) is -2.27. The minimum atomic E-state index is -3.62. The van der Waals surface area contributed by atoms with Gasteiger partial charge in [0.1, 0.15) is 0 Å². The quantitative estimate of drug-likeness (QED) is 0.556. The molecule has 0 aliphatic heterocycles. The molecule has 0 spiro atoms. The number of aryl methyl sites for hydroxylation is 1. The second-order valence-electron chi connectivity index (χ2n) is 6.84. The molecule has 0 fully saturated rings. The minimum absolute atomic E-state index is 0.0635. The van der Waals surface area contributed by atoms with Crippen LogP contribution in [0.25, 0.3) is 11.1 Å². The Morgan fingerprint density at radius 1 is 0.929 bits per heavy atom. The lowest BCUT2D eigenvalue weighted by Crippen LogP contribution is -2.20. The van der Waals surface area contributed by atoms with Gasteiger partial charge in [-0.1, -0.05) is 36.4 Å². The van der Waals surface area contributed by atoms with Gasteiger partial charge in [0.05, 0.1) is 4.90 Å². The highest BCUT2D eigenvalue weighted by Gasteiger charge is 2.20. The molecule has 4 rings (SSSR count). The number of carbonyl (C=O) groups is 1. The minimum Gasteiger partial charge on any atom is -0.322 e. The molecule has 3 aromatic rings. The van der Waals surface area contributed by atoms with E-state index in [1.54, 1.807) is 13.0 Å². The molecule has 0 bridgehead atoms. The Kier molecular flexibility index (Phi) is 4.53. The second-order valence-corrected chi connectivity index (χ2v) is 8.73. The van der Waals surface area contributed by atoms with Crippen molar-refractivity contribution in [2.45, 2.75) is 18.2 Å². The Morgan fingerprint density at radius 2 is 1.68 bits per heavy atom. The Labute approximate surface area is 164 Å². The highest BCUT2D eigenvalue weighted by atomic mass is 32.2. The van der Waals surface area contributed by atoms with Gasteiger partial charge in [0.2, 0.25) is 10.0 Å². The third-order valence-electron chi connectivity index (χ3n) is 5.09. The molecule has 28 heavy (non-hydrogen) atoms. The van der Waals surface area contributed by atoms with Gasteiger partial charge in [-0.05, 0) is 72.5 Å². The van der Waals surface area contributed by atoms with E-state index in [9.17, 15) is 13.2 Å². The summed E-state index contributed by atoms with van der Waals surface area (Å²) in [6.45, 7) is 1.78. The lowest BCUT2D eigenvalue weighted by molar-refractivity contribution is 0.102. The number of sulfonamides is 1. The van der Waals surface area contributed by atoms with Gasteiger partial charge in [0, 0.05) is 11.3 Å². The first-order valence-corrected chi connectivity index (χ1v) is 10.4. The van der Waals surface area contributed by atoms with Gasteiger partial charge in [-0.2, -0.15) is 0 Å². The van der Waals surface area contributed by atoms with Crippen molar-refractivity contribution in [3.63, 3.8) is 0 Å². The molecule has 6 heteroatoms. The summed E-state index contributed by atoms with van der Waals surface area (Å²) in [5, 5.41) is 2.90. The number of fused-ring (bicyclic) bond motifs is 3. The van der Waals surface area contributed by atoms with Gasteiger partial charge in [-0.25, -0.2) is 13.1 Å². The fourth-order valence-electron chi connectivity index (χ4n) is 3.53. The zero-order valence-electron chi connectivity index (χ0n) is 15.6. The SMILES string of the molecule is CNS(=O)(=O)c1ccc(C)c(C(=O)Nc2ccc3c(c2)-c2ccccc2C3)c1. The van der Waals surface area contributed by atoms with Crippen molar-refractivity contribution in [2.24, 2.45) is 0 Å². The fourth-order valence-corrected chi connectivity index (χ4v) is 4.29. The molecule has 2 N–H and O–H groups in total. The van der Waals surface area contributed by atoms with Crippen molar-refractivity contribution in [2.75, 3.05) is 12.4 Å². The van der Waals surface area contributed by atoms with E-state index in [0.29, 0.717) is 16.8 Å². The number of rotatable bonds is 4. The number of hydrogen-bond acceptors (Lipinski definition) is 3. The summed E-state index contributed by atoms with van der Waals surface area (Å²) in [6.07, 6.45) is 0.892. The first-order chi connectivity index (χ1) is 13.4. The van der Waals surface area contributed by atoms with E-state index >= 15 is 0 Å². The van der Waals surface area contributed by atoms with E-state index in [2.05, 4.69) is 22.2 Å². The average Bonchev–Trinajstić information content (AvgIpc) is 3.06. The molecule has 142 valence electrons. The molecule has 0 atom stereocenters. The smallest absolute Gasteiger partial charge is 0.255 e. The molecule has 0 aromatic heterocycles. The van der Waals surface area contributed by atoms with Crippen LogP contribution in [0.4, 0.5) is 5.69 Å². The Bertz CT molecular complexity index is 1200. The second kappa shape index (κ2) is 6.89. The summed E-state index contributed by atoms with van der Waals surface area (Å²) in [6, 6.07) is 18.7. The van der Waals surface area contributed by atoms with Crippen LogP contribution in [0.1, 0.15) is 27.0 Å². The average molecular weight is 392 g/mol. The van der Waals surface area contributed by atoms with Gasteiger partial charge < -0.3 is 5.32 Å². The molecule has 0 saturated heterocycles. The summed E-state index contributed by atoms with van der Waals surface area (Å²) in [5.74, 6) is -0.336. The van der Waals surface area contributed by atoms with Gasteiger partial charge in [0.15, 0.2) is 0 Å². The molecule has 0 unspecified atom stereocenters. The lowest BCUT2D eigenvalue weighted by Gasteiger charge is -2.11. The van der Waals surface area contributed by atoms with Crippen molar-refractivity contribution in [1.82, 2.24) is 4.72 Å². The number of benzene rings is 3. The third kappa shape index (κ3) is 3.21. The summed E-state index contributed by atoms with van der Waals surface area (Å²) >= 11 is 0. The monoisotopic (exact) mass is 392 g/mol. The van der Waals surface area contributed by atoms with E-state index in [1.165, 1.54) is 35.9 Å². The van der Waals surface area contributed by atoms with Gasteiger partial charge in [-0.15, -0.1) is 0 Å². The third-order valence-corrected chi connectivity index (χ3v) is 6.50. The molecule has 3 aromatic carbocycles. The van der Waals surface area contributed by atoms with Gasteiger partial charge in [-0.3, -0.25) is 4.79 Å². The largest absolute Gasteiger partial charge is 0.322 e. The number of carbonyl (C=O) groups excluding carboxylic acids is 1. The summed E-state index contributed by atoms with van der Waals surface area (Å²) < 4.78 is 26.4. The zero-order valence-corrected chi connectivity index (χ0v) is 16.4. The Hall–Kier alpha value is -2.96. The molecule has 0 saturated carbocycles. The number of amides is 1. The molecule has 5 nitrogen and oxygen atoms in total. The van der Waals surface area contributed by atoms with Crippen molar-refractivity contribution < 1.29 is 13.2 Å². The van der Waals surface area contributed by atoms with Crippen LogP contribution in [-0.2, 0) is 16.4 Å². The maximum atomic E-state index is 12.8.